The molecule has 0 radical (unpaired) electrons. The highest BCUT2D eigenvalue weighted by molar-refractivity contribution is 6.32. The van der Waals surface area contributed by atoms with E-state index in [1.807, 2.05) is 35.2 Å². The van der Waals surface area contributed by atoms with Crippen molar-refractivity contribution in [1.29, 1.82) is 0 Å². The van der Waals surface area contributed by atoms with Gasteiger partial charge in [-0.25, -0.2) is 4.39 Å². The summed E-state index contributed by atoms with van der Waals surface area (Å²) in [7, 11) is 0. The Morgan fingerprint density at radius 2 is 1.43 bits per heavy atom. The van der Waals surface area contributed by atoms with Crippen molar-refractivity contribution < 1.29 is 28.3 Å². The number of hydrogen-bond donors (Lipinski definition) is 0. The summed E-state index contributed by atoms with van der Waals surface area (Å²) in [4.78, 5) is 57.1. The van der Waals surface area contributed by atoms with E-state index in [1.54, 1.807) is 48.5 Å². The summed E-state index contributed by atoms with van der Waals surface area (Å²) < 4.78 is 21.0. The Morgan fingerprint density at radius 3 is 2.10 bits per heavy atom. The van der Waals surface area contributed by atoms with E-state index in [0.29, 0.717) is 5.69 Å². The molecule has 1 fully saturated rings. The quantitative estimate of drug-likeness (QED) is 0.131. The van der Waals surface area contributed by atoms with Crippen LogP contribution in [0.1, 0.15) is 55.0 Å². The number of carbonyl (C=O) groups is 4. The average molecular weight is 558 g/mol. The van der Waals surface area contributed by atoms with Crippen LogP contribution in [0.5, 0.6) is 5.75 Å². The molecule has 0 N–H and O–H groups in total. The third kappa shape index (κ3) is 3.49. The van der Waals surface area contributed by atoms with Crippen molar-refractivity contribution in [2.45, 2.75) is 24.9 Å². The standard InChI is InChI=1S/C35H24FNO5/c1-20(38)42-23-17-14-22(15-18-23)32(39)31-30(26-11-5-6-12-27(26)36)35(33(40)24-9-3-4-10-25(24)34(35)41)29-19-16-21-8-2-7-13-28(21)37(29)31/h2-19,29-31H,1H3/t29-,30-,31+/m1/s1. The zero-order valence-electron chi connectivity index (χ0n) is 22.5. The van der Waals surface area contributed by atoms with Crippen LogP contribution < -0.4 is 9.64 Å². The SMILES string of the molecule is CC(=O)Oc1ccc(C(=O)[C@@H]2[C@@H](c3ccccc3F)C3(C(=O)c4ccccc4C3=O)[C@H]3C=Cc4ccccc4N23)cc1. The second kappa shape index (κ2) is 9.45. The van der Waals surface area contributed by atoms with Crippen molar-refractivity contribution in [2.24, 2.45) is 5.41 Å². The van der Waals surface area contributed by atoms with Gasteiger partial charge in [0.15, 0.2) is 17.3 Å². The molecule has 7 heteroatoms. The molecule has 0 unspecified atom stereocenters. The van der Waals surface area contributed by atoms with Gasteiger partial charge in [0.25, 0.3) is 0 Å². The third-order valence-corrected chi connectivity index (χ3v) is 8.62. The highest BCUT2D eigenvalue weighted by Gasteiger charge is 2.71. The lowest BCUT2D eigenvalue weighted by molar-refractivity contribution is -0.131. The van der Waals surface area contributed by atoms with E-state index in [4.69, 9.17) is 4.74 Å². The summed E-state index contributed by atoms with van der Waals surface area (Å²) in [5.74, 6) is -3.20. The molecule has 6 nitrogen and oxygen atoms in total. The Labute approximate surface area is 241 Å². The lowest BCUT2D eigenvalue weighted by Crippen LogP contribution is -2.48. The minimum Gasteiger partial charge on any atom is -0.427 e. The molecule has 0 bridgehead atoms. The van der Waals surface area contributed by atoms with Crippen molar-refractivity contribution >= 4 is 35.1 Å². The van der Waals surface area contributed by atoms with E-state index in [0.717, 1.165) is 5.56 Å². The van der Waals surface area contributed by atoms with Gasteiger partial charge in [0.2, 0.25) is 0 Å². The number of halogens is 1. The topological polar surface area (TPSA) is 80.8 Å². The fourth-order valence-corrected chi connectivity index (χ4v) is 7.01. The number of hydrogen-bond acceptors (Lipinski definition) is 6. The zero-order valence-corrected chi connectivity index (χ0v) is 22.5. The largest absolute Gasteiger partial charge is 0.427 e. The second-order valence-corrected chi connectivity index (χ2v) is 10.8. The lowest BCUT2D eigenvalue weighted by atomic mass is 9.64. The van der Waals surface area contributed by atoms with Gasteiger partial charge in [0.1, 0.15) is 23.0 Å². The van der Waals surface area contributed by atoms with Crippen LogP contribution in [0.3, 0.4) is 0 Å². The maximum Gasteiger partial charge on any atom is 0.308 e. The van der Waals surface area contributed by atoms with Crippen LogP contribution in [0.4, 0.5) is 10.1 Å². The average Bonchev–Trinajstić information content (AvgIpc) is 3.43. The lowest BCUT2D eigenvalue weighted by Gasteiger charge is -2.37. The van der Waals surface area contributed by atoms with Crippen molar-refractivity contribution in [1.82, 2.24) is 0 Å². The molecule has 0 amide bonds. The summed E-state index contributed by atoms with van der Waals surface area (Å²) in [6, 6.07) is 24.3. The number of ether oxygens (including phenoxy) is 1. The molecule has 0 aromatic heterocycles. The molecule has 206 valence electrons. The first-order valence-corrected chi connectivity index (χ1v) is 13.7. The molecule has 3 atom stereocenters. The number of anilines is 1. The van der Waals surface area contributed by atoms with Crippen LogP contribution in [0.25, 0.3) is 6.08 Å². The van der Waals surface area contributed by atoms with Crippen molar-refractivity contribution in [3.05, 3.63) is 137 Å². The summed E-state index contributed by atoms with van der Waals surface area (Å²) in [5.41, 5.74) is 0.655. The molecule has 4 aromatic carbocycles. The van der Waals surface area contributed by atoms with Crippen LogP contribution in [0, 0.1) is 11.2 Å². The number of carbonyl (C=O) groups excluding carboxylic acids is 4. The van der Waals surface area contributed by atoms with E-state index >= 15 is 4.39 Å². The number of nitrogens with zero attached hydrogens (tertiary/aromatic N) is 1. The maximum atomic E-state index is 15.8. The van der Waals surface area contributed by atoms with Crippen molar-refractivity contribution in [3.63, 3.8) is 0 Å². The summed E-state index contributed by atoms with van der Waals surface area (Å²) in [6.45, 7) is 1.28. The summed E-state index contributed by atoms with van der Waals surface area (Å²) >= 11 is 0. The van der Waals surface area contributed by atoms with Crippen LogP contribution in [0.2, 0.25) is 0 Å². The molecular formula is C35H24FNO5. The molecular weight excluding hydrogens is 533 g/mol. The van der Waals surface area contributed by atoms with Crippen LogP contribution in [0.15, 0.2) is 103 Å². The fraction of sp³-hybridized carbons (Fsp3) is 0.143. The smallest absolute Gasteiger partial charge is 0.308 e. The number of esters is 1. The zero-order chi connectivity index (χ0) is 29.2. The van der Waals surface area contributed by atoms with E-state index in [-0.39, 0.29) is 33.8 Å². The first-order chi connectivity index (χ1) is 20.3. The van der Waals surface area contributed by atoms with Gasteiger partial charge in [-0.1, -0.05) is 72.8 Å². The Balaban J connectivity index is 1.50. The van der Waals surface area contributed by atoms with Gasteiger partial charge < -0.3 is 9.64 Å². The number of ketones is 3. The second-order valence-electron chi connectivity index (χ2n) is 10.8. The number of rotatable bonds is 4. The van der Waals surface area contributed by atoms with Crippen molar-refractivity contribution in [3.8, 4) is 5.75 Å². The molecule has 1 saturated heterocycles. The van der Waals surface area contributed by atoms with Crippen LogP contribution >= 0.6 is 0 Å². The minimum atomic E-state index is -1.78. The van der Waals surface area contributed by atoms with Crippen LogP contribution in [-0.2, 0) is 4.79 Å². The normalized spacial score (nSPS) is 21.2. The fourth-order valence-electron chi connectivity index (χ4n) is 7.01. The number of fused-ring (bicyclic) bond motifs is 5. The molecule has 42 heavy (non-hydrogen) atoms. The molecule has 0 saturated carbocycles. The molecule has 1 aliphatic carbocycles. The number of benzene rings is 4. The van der Waals surface area contributed by atoms with Crippen LogP contribution in [-0.4, -0.2) is 35.4 Å². The van der Waals surface area contributed by atoms with Gasteiger partial charge in [-0.15, -0.1) is 0 Å². The Hall–Kier alpha value is -5.17. The third-order valence-electron chi connectivity index (χ3n) is 8.62. The Morgan fingerprint density at radius 1 is 0.810 bits per heavy atom. The predicted octanol–water partition coefficient (Wildman–Crippen LogP) is 6.07. The highest BCUT2D eigenvalue weighted by Crippen LogP contribution is 2.61. The minimum absolute atomic E-state index is 0.127. The van der Waals surface area contributed by atoms with Gasteiger partial charge in [0.05, 0.1) is 6.04 Å². The van der Waals surface area contributed by atoms with E-state index in [1.165, 1.54) is 37.3 Å². The molecule has 2 aliphatic heterocycles. The van der Waals surface area contributed by atoms with Gasteiger partial charge in [-0.2, -0.15) is 0 Å². The highest BCUT2D eigenvalue weighted by atomic mass is 19.1. The maximum absolute atomic E-state index is 15.8. The first-order valence-electron chi connectivity index (χ1n) is 13.7. The van der Waals surface area contributed by atoms with E-state index in [2.05, 4.69) is 0 Å². The van der Waals surface area contributed by atoms with Gasteiger partial charge in [0, 0.05) is 35.2 Å². The summed E-state index contributed by atoms with van der Waals surface area (Å²) in [5, 5.41) is 0. The monoisotopic (exact) mass is 557 g/mol. The Kier molecular flexibility index (Phi) is 5.80. The van der Waals surface area contributed by atoms with Gasteiger partial charge >= 0.3 is 5.97 Å². The molecule has 7 rings (SSSR count). The Bertz CT molecular complexity index is 1810. The number of Topliss-reactive ketones (excluding diaryl/α,β-unsaturated/α-hetero) is 3. The molecule has 4 aromatic rings. The molecule has 2 heterocycles. The van der Waals surface area contributed by atoms with Crippen molar-refractivity contribution in [2.75, 3.05) is 4.90 Å². The van der Waals surface area contributed by atoms with E-state index in [9.17, 15) is 19.2 Å². The summed E-state index contributed by atoms with van der Waals surface area (Å²) in [6.07, 6.45) is 3.66. The molecule has 1 spiro atoms. The van der Waals surface area contributed by atoms with Gasteiger partial charge in [-0.3, -0.25) is 19.2 Å². The first kappa shape index (κ1) is 25.8. The van der Waals surface area contributed by atoms with Gasteiger partial charge in [-0.05, 0) is 47.5 Å². The van der Waals surface area contributed by atoms with E-state index < -0.39 is 46.8 Å². The number of para-hydroxylation sites is 1. The molecule has 3 aliphatic rings. The predicted molar refractivity (Wildman–Crippen MR) is 154 cm³/mol.